The first-order chi connectivity index (χ1) is 7.06. The van der Waals surface area contributed by atoms with E-state index in [4.69, 9.17) is 11.6 Å². The maximum atomic E-state index is 11.7. The van der Waals surface area contributed by atoms with Crippen molar-refractivity contribution in [1.29, 1.82) is 0 Å². The molecule has 0 aliphatic rings. The largest absolute Gasteiger partial charge is 0.240 e. The molecule has 1 aromatic rings. The molecule has 1 unspecified atom stereocenters. The van der Waals surface area contributed by atoms with Crippen LogP contribution < -0.4 is 4.72 Å². The molecule has 0 saturated carbocycles. The maximum Gasteiger partial charge on any atom is 0.240 e. The summed E-state index contributed by atoms with van der Waals surface area (Å²) in [6.07, 6.45) is 0. The smallest absolute Gasteiger partial charge is 0.211 e. The van der Waals surface area contributed by atoms with E-state index in [1.54, 1.807) is 30.3 Å². The van der Waals surface area contributed by atoms with Gasteiger partial charge in [-0.05, 0) is 18.1 Å². The van der Waals surface area contributed by atoms with E-state index in [-0.39, 0.29) is 10.8 Å². The summed E-state index contributed by atoms with van der Waals surface area (Å²) in [7, 11) is -3.37. The molecule has 1 rings (SSSR count). The third-order valence-corrected chi connectivity index (χ3v) is 3.91. The van der Waals surface area contributed by atoms with E-state index < -0.39 is 10.0 Å². The van der Waals surface area contributed by atoms with Crippen LogP contribution in [0.2, 0.25) is 0 Å². The number of hydrogen-bond acceptors (Lipinski definition) is 2. The SMILES string of the molecule is CC(CCl)CNS(=O)(=O)c1ccccc1. The minimum absolute atomic E-state index is 0.130. The van der Waals surface area contributed by atoms with Crippen LogP contribution in [-0.4, -0.2) is 20.8 Å². The number of hydrogen-bond donors (Lipinski definition) is 1. The fourth-order valence-electron chi connectivity index (χ4n) is 0.990. The molecule has 0 aromatic heterocycles. The Labute approximate surface area is 95.5 Å². The van der Waals surface area contributed by atoms with Crippen molar-refractivity contribution < 1.29 is 8.42 Å². The molecule has 0 radical (unpaired) electrons. The minimum Gasteiger partial charge on any atom is -0.211 e. The lowest BCUT2D eigenvalue weighted by atomic mass is 10.2. The average Bonchev–Trinajstić information content (AvgIpc) is 2.27. The van der Waals surface area contributed by atoms with Crippen LogP contribution in [0.4, 0.5) is 0 Å². The van der Waals surface area contributed by atoms with E-state index in [1.165, 1.54) is 0 Å². The topological polar surface area (TPSA) is 46.2 Å². The number of rotatable bonds is 5. The Morgan fingerprint density at radius 1 is 1.33 bits per heavy atom. The molecule has 0 aliphatic carbocycles. The van der Waals surface area contributed by atoms with Crippen molar-refractivity contribution in [2.75, 3.05) is 12.4 Å². The van der Waals surface area contributed by atoms with Crippen LogP contribution >= 0.6 is 11.6 Å². The monoisotopic (exact) mass is 247 g/mol. The second-order valence-corrected chi connectivity index (χ2v) is 5.50. The zero-order chi connectivity index (χ0) is 11.3. The number of nitrogens with one attached hydrogen (secondary N) is 1. The van der Waals surface area contributed by atoms with Crippen molar-refractivity contribution in [3.05, 3.63) is 30.3 Å². The number of halogens is 1. The first-order valence-electron chi connectivity index (χ1n) is 4.67. The van der Waals surface area contributed by atoms with Gasteiger partial charge in [-0.3, -0.25) is 0 Å². The van der Waals surface area contributed by atoms with Crippen LogP contribution in [0, 0.1) is 5.92 Å². The fourth-order valence-corrected chi connectivity index (χ4v) is 2.28. The van der Waals surface area contributed by atoms with Gasteiger partial charge >= 0.3 is 0 Å². The molecule has 84 valence electrons. The molecule has 0 heterocycles. The highest BCUT2D eigenvalue weighted by Gasteiger charge is 2.13. The summed E-state index contributed by atoms with van der Waals surface area (Å²) in [5.74, 6) is 0.572. The van der Waals surface area contributed by atoms with Crippen molar-refractivity contribution in [2.24, 2.45) is 5.92 Å². The Kier molecular flexibility index (Phi) is 4.57. The summed E-state index contributed by atoms with van der Waals surface area (Å²) in [6.45, 7) is 2.25. The van der Waals surface area contributed by atoms with E-state index in [0.29, 0.717) is 12.4 Å². The van der Waals surface area contributed by atoms with Gasteiger partial charge in [0.2, 0.25) is 10.0 Å². The zero-order valence-corrected chi connectivity index (χ0v) is 10.1. The van der Waals surface area contributed by atoms with E-state index in [9.17, 15) is 8.42 Å². The molecule has 0 spiro atoms. The first kappa shape index (κ1) is 12.5. The summed E-state index contributed by atoms with van der Waals surface area (Å²) in [5, 5.41) is 0. The molecule has 15 heavy (non-hydrogen) atoms. The van der Waals surface area contributed by atoms with Crippen LogP contribution in [-0.2, 0) is 10.0 Å². The summed E-state index contributed by atoms with van der Waals surface area (Å²) in [6, 6.07) is 8.29. The molecule has 0 aliphatic heterocycles. The lowest BCUT2D eigenvalue weighted by Gasteiger charge is -2.09. The highest BCUT2D eigenvalue weighted by molar-refractivity contribution is 7.89. The minimum atomic E-state index is -3.37. The molecule has 1 N–H and O–H groups in total. The highest BCUT2D eigenvalue weighted by Crippen LogP contribution is 2.07. The Balaban J connectivity index is 2.69. The molecule has 3 nitrogen and oxygen atoms in total. The molecule has 0 fully saturated rings. The molecule has 0 bridgehead atoms. The Hall–Kier alpha value is -0.580. The van der Waals surface area contributed by atoms with Gasteiger partial charge in [0.05, 0.1) is 4.90 Å². The molecule has 5 heteroatoms. The third kappa shape index (κ3) is 3.81. The van der Waals surface area contributed by atoms with Crippen LogP contribution in [0.5, 0.6) is 0 Å². The maximum absolute atomic E-state index is 11.7. The van der Waals surface area contributed by atoms with E-state index in [2.05, 4.69) is 4.72 Å². The van der Waals surface area contributed by atoms with Crippen molar-refractivity contribution in [3.63, 3.8) is 0 Å². The summed E-state index contributed by atoms with van der Waals surface area (Å²) < 4.78 is 25.9. The fraction of sp³-hybridized carbons (Fsp3) is 0.400. The second-order valence-electron chi connectivity index (χ2n) is 3.42. The van der Waals surface area contributed by atoms with Gasteiger partial charge in [-0.15, -0.1) is 11.6 Å². The Morgan fingerprint density at radius 2 is 1.93 bits per heavy atom. The molecule has 1 aromatic carbocycles. The normalized spacial score (nSPS) is 13.7. The highest BCUT2D eigenvalue weighted by atomic mass is 35.5. The lowest BCUT2D eigenvalue weighted by molar-refractivity contribution is 0.562. The summed E-state index contributed by atoms with van der Waals surface area (Å²) in [4.78, 5) is 0.284. The molecular formula is C10H14ClNO2S. The standard InChI is InChI=1S/C10H14ClNO2S/c1-9(7-11)8-12-15(13,14)10-5-3-2-4-6-10/h2-6,9,12H,7-8H2,1H3. The van der Waals surface area contributed by atoms with E-state index >= 15 is 0 Å². The van der Waals surface area contributed by atoms with Gasteiger partial charge in [0, 0.05) is 12.4 Å². The van der Waals surface area contributed by atoms with Crippen LogP contribution in [0.1, 0.15) is 6.92 Å². The van der Waals surface area contributed by atoms with Crippen molar-refractivity contribution in [2.45, 2.75) is 11.8 Å². The molecule has 0 amide bonds. The van der Waals surface area contributed by atoms with Crippen LogP contribution in [0.3, 0.4) is 0 Å². The predicted octanol–water partition coefficient (Wildman–Crippen LogP) is 1.84. The first-order valence-corrected chi connectivity index (χ1v) is 6.68. The van der Waals surface area contributed by atoms with Gasteiger partial charge in [0.25, 0.3) is 0 Å². The Bertz CT molecular complexity index is 391. The van der Waals surface area contributed by atoms with E-state index in [1.807, 2.05) is 6.92 Å². The average molecular weight is 248 g/mol. The van der Waals surface area contributed by atoms with Crippen LogP contribution in [0.25, 0.3) is 0 Å². The van der Waals surface area contributed by atoms with Gasteiger partial charge in [0.1, 0.15) is 0 Å². The van der Waals surface area contributed by atoms with Gasteiger partial charge in [-0.1, -0.05) is 25.1 Å². The van der Waals surface area contributed by atoms with Gasteiger partial charge < -0.3 is 0 Å². The Morgan fingerprint density at radius 3 is 2.47 bits per heavy atom. The van der Waals surface area contributed by atoms with Crippen molar-refractivity contribution in [1.82, 2.24) is 4.72 Å². The quantitative estimate of drug-likeness (QED) is 0.807. The van der Waals surface area contributed by atoms with Gasteiger partial charge in [-0.25, -0.2) is 13.1 Å². The van der Waals surface area contributed by atoms with E-state index in [0.717, 1.165) is 0 Å². The lowest BCUT2D eigenvalue weighted by Crippen LogP contribution is -2.28. The van der Waals surface area contributed by atoms with Crippen molar-refractivity contribution >= 4 is 21.6 Å². The number of alkyl halides is 1. The van der Waals surface area contributed by atoms with Crippen molar-refractivity contribution in [3.8, 4) is 0 Å². The van der Waals surface area contributed by atoms with Gasteiger partial charge in [-0.2, -0.15) is 0 Å². The number of sulfonamides is 1. The number of benzene rings is 1. The second kappa shape index (κ2) is 5.49. The van der Waals surface area contributed by atoms with Crippen LogP contribution in [0.15, 0.2) is 35.2 Å². The van der Waals surface area contributed by atoms with Gasteiger partial charge in [0.15, 0.2) is 0 Å². The molecule has 1 atom stereocenters. The molecular weight excluding hydrogens is 234 g/mol. The third-order valence-electron chi connectivity index (χ3n) is 1.94. The summed E-state index contributed by atoms with van der Waals surface area (Å²) in [5.41, 5.74) is 0. The molecule has 0 saturated heterocycles. The predicted molar refractivity (Wildman–Crippen MR) is 61.5 cm³/mol. The zero-order valence-electron chi connectivity index (χ0n) is 8.48. The summed E-state index contributed by atoms with van der Waals surface area (Å²) >= 11 is 5.59.